The zero-order valence-corrected chi connectivity index (χ0v) is 18.3. The zero-order valence-electron chi connectivity index (χ0n) is 18.3. The van der Waals surface area contributed by atoms with Crippen molar-refractivity contribution in [1.29, 1.82) is 0 Å². The average Bonchev–Trinajstić information content (AvgIpc) is 3.04. The first-order valence-corrected chi connectivity index (χ1v) is 11.0. The number of hydrogen-bond acceptors (Lipinski definition) is 5. The van der Waals surface area contributed by atoms with E-state index in [1.807, 2.05) is 6.92 Å². The lowest BCUT2D eigenvalue weighted by molar-refractivity contribution is -0.245. The number of Topliss-reactive ketones (excluding diaryl/α,β-unsaturated/α-hetero) is 1. The summed E-state index contributed by atoms with van der Waals surface area (Å²) >= 11 is 0. The van der Waals surface area contributed by atoms with Gasteiger partial charge in [0.25, 0.3) is 0 Å². The maximum atomic E-state index is 17.1. The Kier molecular flexibility index (Phi) is 3.90. The molecule has 164 valence electrons. The minimum atomic E-state index is -1.91. The van der Waals surface area contributed by atoms with Crippen molar-refractivity contribution in [3.63, 3.8) is 0 Å². The molecule has 1 saturated heterocycles. The van der Waals surface area contributed by atoms with Crippen molar-refractivity contribution in [1.82, 2.24) is 0 Å². The molecule has 0 radical (unpaired) electrons. The highest BCUT2D eigenvalue weighted by atomic mass is 19.1. The Morgan fingerprint density at radius 1 is 1.23 bits per heavy atom. The van der Waals surface area contributed by atoms with Gasteiger partial charge in [-0.1, -0.05) is 18.6 Å². The molecule has 0 amide bonds. The summed E-state index contributed by atoms with van der Waals surface area (Å²) in [5.41, 5.74) is -4.11. The molecule has 5 rings (SSSR count). The normalized spacial score (nSPS) is 53.4. The number of ether oxygens (including phenoxy) is 2. The van der Waals surface area contributed by atoms with Gasteiger partial charge >= 0.3 is 0 Å². The molecule has 0 bridgehead atoms. The van der Waals surface area contributed by atoms with Crippen LogP contribution in [0.3, 0.4) is 0 Å². The lowest BCUT2D eigenvalue weighted by Gasteiger charge is -2.62. The van der Waals surface area contributed by atoms with E-state index in [1.54, 1.807) is 26.8 Å². The van der Waals surface area contributed by atoms with Crippen molar-refractivity contribution in [2.24, 2.45) is 22.7 Å². The van der Waals surface area contributed by atoms with Crippen LogP contribution in [-0.4, -0.2) is 45.9 Å². The van der Waals surface area contributed by atoms with Crippen LogP contribution in [0.15, 0.2) is 23.8 Å². The molecule has 4 fully saturated rings. The third-order valence-electron chi connectivity index (χ3n) is 9.16. The summed E-state index contributed by atoms with van der Waals surface area (Å²) < 4.78 is 29.6. The van der Waals surface area contributed by atoms with Crippen molar-refractivity contribution in [3.8, 4) is 0 Å². The van der Waals surface area contributed by atoms with E-state index in [-0.39, 0.29) is 23.9 Å². The van der Waals surface area contributed by atoms with E-state index in [9.17, 15) is 14.7 Å². The summed E-state index contributed by atoms with van der Waals surface area (Å²) in [6, 6.07) is 0. The first-order valence-electron chi connectivity index (χ1n) is 11.0. The molecule has 8 atom stereocenters. The van der Waals surface area contributed by atoms with E-state index in [0.717, 1.165) is 5.57 Å². The molecule has 5 aliphatic rings. The van der Waals surface area contributed by atoms with E-state index in [2.05, 4.69) is 0 Å². The summed E-state index contributed by atoms with van der Waals surface area (Å²) in [5, 5.41) is 11.4. The van der Waals surface area contributed by atoms with Crippen LogP contribution in [-0.2, 0) is 19.1 Å². The lowest BCUT2D eigenvalue weighted by Crippen LogP contribution is -2.69. The molecule has 3 saturated carbocycles. The van der Waals surface area contributed by atoms with E-state index in [4.69, 9.17) is 9.47 Å². The highest BCUT2D eigenvalue weighted by molar-refractivity contribution is 6.01. The fourth-order valence-electron chi connectivity index (χ4n) is 7.95. The Morgan fingerprint density at radius 2 is 1.93 bits per heavy atom. The largest absolute Gasteiger partial charge is 0.390 e. The fourth-order valence-corrected chi connectivity index (χ4v) is 7.95. The SMILES string of the molecule is CC(=O)[C@]12OC(C)(C)O[C@@H]1C[C@H]1[C@@H]3CCC4=CC(=O)C=C[C@]4(C)[C@@]3(F)[C@@H](O)C[C@@]12C. The summed E-state index contributed by atoms with van der Waals surface area (Å²) in [4.78, 5) is 25.0. The van der Waals surface area contributed by atoms with Crippen LogP contribution in [0, 0.1) is 22.7 Å². The Hall–Kier alpha value is -1.37. The number of aliphatic hydroxyl groups excluding tert-OH is 1. The highest BCUT2D eigenvalue weighted by Gasteiger charge is 2.79. The van der Waals surface area contributed by atoms with Crippen LogP contribution < -0.4 is 0 Å². The maximum absolute atomic E-state index is 17.1. The number of hydrogen-bond donors (Lipinski definition) is 1. The number of allylic oxidation sites excluding steroid dienone is 4. The van der Waals surface area contributed by atoms with E-state index >= 15 is 4.39 Å². The summed E-state index contributed by atoms with van der Waals surface area (Å²) in [6.07, 6.45) is 4.64. The summed E-state index contributed by atoms with van der Waals surface area (Å²) in [5.74, 6) is -1.77. The Labute approximate surface area is 176 Å². The minimum absolute atomic E-state index is 0.116. The van der Waals surface area contributed by atoms with Gasteiger partial charge in [-0.3, -0.25) is 9.59 Å². The van der Waals surface area contributed by atoms with Crippen LogP contribution in [0.1, 0.15) is 60.3 Å². The van der Waals surface area contributed by atoms with Gasteiger partial charge in [-0.05, 0) is 71.4 Å². The first-order chi connectivity index (χ1) is 13.8. The molecule has 4 aliphatic carbocycles. The van der Waals surface area contributed by atoms with Gasteiger partial charge in [-0.2, -0.15) is 0 Å². The number of halogens is 1. The number of aliphatic hydroxyl groups is 1. The number of fused-ring (bicyclic) bond motifs is 7. The molecular weight excluding hydrogens is 387 g/mol. The van der Waals surface area contributed by atoms with Crippen molar-refractivity contribution >= 4 is 11.6 Å². The van der Waals surface area contributed by atoms with Crippen LogP contribution in [0.5, 0.6) is 0 Å². The minimum Gasteiger partial charge on any atom is -0.390 e. The second-order valence-electron chi connectivity index (χ2n) is 10.9. The molecule has 6 heteroatoms. The first kappa shape index (κ1) is 20.5. The lowest BCUT2D eigenvalue weighted by atomic mass is 9.44. The van der Waals surface area contributed by atoms with Gasteiger partial charge in [0, 0.05) is 16.7 Å². The predicted octanol–water partition coefficient (Wildman–Crippen LogP) is 3.45. The second-order valence-corrected chi connectivity index (χ2v) is 10.9. The topological polar surface area (TPSA) is 72.8 Å². The Bertz CT molecular complexity index is 907. The van der Waals surface area contributed by atoms with Crippen LogP contribution in [0.25, 0.3) is 0 Å². The van der Waals surface area contributed by atoms with E-state index in [0.29, 0.717) is 19.3 Å². The summed E-state index contributed by atoms with van der Waals surface area (Å²) in [6.45, 7) is 8.89. The van der Waals surface area contributed by atoms with Crippen molar-refractivity contribution in [3.05, 3.63) is 23.8 Å². The van der Waals surface area contributed by atoms with Gasteiger partial charge < -0.3 is 14.6 Å². The Morgan fingerprint density at radius 3 is 2.60 bits per heavy atom. The molecule has 0 aromatic rings. The van der Waals surface area contributed by atoms with Gasteiger partial charge in [0.1, 0.15) is 0 Å². The predicted molar refractivity (Wildman–Crippen MR) is 107 cm³/mol. The second kappa shape index (κ2) is 5.70. The summed E-state index contributed by atoms with van der Waals surface area (Å²) in [7, 11) is 0. The number of alkyl halides is 1. The molecule has 30 heavy (non-hydrogen) atoms. The molecule has 0 spiro atoms. The smallest absolute Gasteiger partial charge is 0.178 e. The average molecular weight is 419 g/mol. The maximum Gasteiger partial charge on any atom is 0.178 e. The third kappa shape index (κ3) is 2.08. The monoisotopic (exact) mass is 418 g/mol. The van der Waals surface area contributed by atoms with Gasteiger partial charge in [-0.25, -0.2) is 4.39 Å². The van der Waals surface area contributed by atoms with Gasteiger partial charge in [-0.15, -0.1) is 0 Å². The zero-order chi connectivity index (χ0) is 21.9. The third-order valence-corrected chi connectivity index (χ3v) is 9.16. The molecule has 5 nitrogen and oxygen atoms in total. The standard InChI is InChI=1S/C24H31FO5/c1-13(26)24-19(29-20(2,3)30-24)11-17-16-7-6-14-10-15(27)8-9-21(14,4)23(16,25)18(28)12-22(17,24)5/h8-10,16-19,28H,6-7,11-12H2,1-5H3/t16-,17-,18-,19+,21-,22-,23-,24-/m0/s1. The van der Waals surface area contributed by atoms with Gasteiger partial charge in [0.05, 0.1) is 12.2 Å². The molecule has 1 N–H and O–H groups in total. The van der Waals surface area contributed by atoms with Gasteiger partial charge in [0.2, 0.25) is 0 Å². The molecule has 0 unspecified atom stereocenters. The van der Waals surface area contributed by atoms with E-state index < -0.39 is 46.0 Å². The number of ketones is 2. The van der Waals surface area contributed by atoms with Gasteiger partial charge in [0.15, 0.2) is 28.6 Å². The molecule has 0 aromatic heterocycles. The van der Waals surface area contributed by atoms with Crippen molar-refractivity contribution < 1.29 is 28.6 Å². The molecule has 1 heterocycles. The van der Waals surface area contributed by atoms with Crippen LogP contribution in [0.4, 0.5) is 4.39 Å². The fraction of sp³-hybridized carbons (Fsp3) is 0.750. The Balaban J connectivity index is 1.64. The molecule has 1 aliphatic heterocycles. The quantitative estimate of drug-likeness (QED) is 0.706. The highest BCUT2D eigenvalue weighted by Crippen LogP contribution is 2.72. The van der Waals surface area contributed by atoms with Crippen LogP contribution >= 0.6 is 0 Å². The van der Waals surface area contributed by atoms with Crippen molar-refractivity contribution in [2.45, 2.75) is 89.6 Å². The van der Waals surface area contributed by atoms with Crippen LogP contribution in [0.2, 0.25) is 0 Å². The number of carbonyl (C=O) groups is 2. The molecule has 0 aromatic carbocycles. The number of rotatable bonds is 1. The number of carbonyl (C=O) groups excluding carboxylic acids is 2. The molecular formula is C24H31FO5. The van der Waals surface area contributed by atoms with E-state index in [1.165, 1.54) is 19.1 Å². The van der Waals surface area contributed by atoms with Crippen molar-refractivity contribution in [2.75, 3.05) is 0 Å².